The smallest absolute Gasteiger partial charge is 0.265 e. The van der Waals surface area contributed by atoms with Crippen molar-refractivity contribution in [1.29, 1.82) is 0 Å². The van der Waals surface area contributed by atoms with Gasteiger partial charge in [0.25, 0.3) is 5.56 Å². The number of benzene rings is 2. The number of fused-ring (bicyclic) bond motifs is 1. The van der Waals surface area contributed by atoms with Gasteiger partial charge in [0.05, 0.1) is 24.1 Å². The highest BCUT2D eigenvalue weighted by Gasteiger charge is 2.30. The van der Waals surface area contributed by atoms with Crippen LogP contribution in [0.15, 0.2) is 71.7 Å². The van der Waals surface area contributed by atoms with Gasteiger partial charge in [0.15, 0.2) is 0 Å². The van der Waals surface area contributed by atoms with Crippen LogP contribution in [0.4, 0.5) is 0 Å². The van der Waals surface area contributed by atoms with E-state index in [1.165, 1.54) is 4.68 Å². The van der Waals surface area contributed by atoms with E-state index < -0.39 is 0 Å². The lowest BCUT2D eigenvalue weighted by molar-refractivity contribution is 0.638. The molecule has 2 heterocycles. The van der Waals surface area contributed by atoms with Gasteiger partial charge in [-0.05, 0) is 36.6 Å². The van der Waals surface area contributed by atoms with Crippen LogP contribution in [0, 0.1) is 0 Å². The third-order valence-corrected chi connectivity index (χ3v) is 5.35. The van der Waals surface area contributed by atoms with Gasteiger partial charge >= 0.3 is 0 Å². The van der Waals surface area contributed by atoms with Gasteiger partial charge in [-0.25, -0.2) is 9.36 Å². The number of hydrogen-bond acceptors (Lipinski definition) is 3. The van der Waals surface area contributed by atoms with E-state index in [1.807, 2.05) is 60.7 Å². The Morgan fingerprint density at radius 1 is 1.10 bits per heavy atom. The highest BCUT2D eigenvalue weighted by atomic mass is 35.5. The van der Waals surface area contributed by atoms with E-state index in [9.17, 15) is 4.79 Å². The first-order chi connectivity index (χ1) is 14.2. The topological polar surface area (TPSA) is 52.7 Å². The Kier molecular flexibility index (Phi) is 4.52. The van der Waals surface area contributed by atoms with E-state index >= 15 is 0 Å². The monoisotopic (exact) mass is 402 g/mol. The molecule has 2 aromatic heterocycles. The fourth-order valence-corrected chi connectivity index (χ4v) is 3.72. The molecule has 1 aliphatic carbocycles. The Bertz CT molecular complexity index is 1270. The molecule has 1 saturated carbocycles. The average molecular weight is 403 g/mol. The van der Waals surface area contributed by atoms with Gasteiger partial charge < -0.3 is 0 Å². The maximum absolute atomic E-state index is 13.3. The molecule has 0 atom stereocenters. The summed E-state index contributed by atoms with van der Waals surface area (Å²) in [4.78, 5) is 13.3. The first-order valence-electron chi connectivity index (χ1n) is 9.67. The van der Waals surface area contributed by atoms with Gasteiger partial charge in [0.2, 0.25) is 0 Å². The molecule has 29 heavy (non-hydrogen) atoms. The number of nitrogens with zero attached hydrogens (tertiary/aromatic N) is 4. The molecule has 0 unspecified atom stereocenters. The number of halogens is 1. The molecule has 1 aliphatic rings. The zero-order chi connectivity index (χ0) is 19.8. The first-order valence-corrected chi connectivity index (χ1v) is 10.0. The summed E-state index contributed by atoms with van der Waals surface area (Å²) in [5, 5.41) is 10.6. The minimum atomic E-state index is -0.153. The van der Waals surface area contributed by atoms with E-state index in [1.54, 1.807) is 16.9 Å². The van der Waals surface area contributed by atoms with Gasteiger partial charge in [0.1, 0.15) is 5.52 Å². The average Bonchev–Trinajstić information content (AvgIpc) is 3.48. The van der Waals surface area contributed by atoms with Gasteiger partial charge in [-0.15, -0.1) is 0 Å². The molecule has 4 aromatic rings. The molecule has 0 radical (unpaired) electrons. The zero-order valence-electron chi connectivity index (χ0n) is 15.7. The van der Waals surface area contributed by atoms with Crippen LogP contribution in [-0.4, -0.2) is 19.6 Å². The van der Waals surface area contributed by atoms with Crippen molar-refractivity contribution in [2.75, 3.05) is 0 Å². The number of rotatable bonds is 5. The molecule has 0 spiro atoms. The minimum Gasteiger partial charge on any atom is -0.265 e. The van der Waals surface area contributed by atoms with Crippen LogP contribution >= 0.6 is 11.6 Å². The standard InChI is InChI=1S/C23H19ClN4O/c24-18-9-4-10-19(14-18)28-22-20(15-25-28)21(17-11-12-17)26-27(23(22)29)13-5-8-16-6-2-1-3-7-16/h1-10,14-15,17H,11-13H2/b8-5+. The van der Waals surface area contributed by atoms with E-state index in [4.69, 9.17) is 16.7 Å². The highest BCUT2D eigenvalue weighted by Crippen LogP contribution is 2.41. The highest BCUT2D eigenvalue weighted by molar-refractivity contribution is 6.30. The number of allylic oxidation sites excluding steroid dienone is 1. The lowest BCUT2D eigenvalue weighted by Gasteiger charge is -2.09. The quantitative estimate of drug-likeness (QED) is 0.480. The van der Waals surface area contributed by atoms with Gasteiger partial charge in [0, 0.05) is 16.3 Å². The Hall–Kier alpha value is -3.18. The Balaban J connectivity index is 1.61. The molecule has 1 fully saturated rings. The summed E-state index contributed by atoms with van der Waals surface area (Å²) in [6.07, 6.45) is 7.92. The molecule has 2 aromatic carbocycles. The van der Waals surface area contributed by atoms with Crippen molar-refractivity contribution in [2.24, 2.45) is 0 Å². The Morgan fingerprint density at radius 2 is 1.93 bits per heavy atom. The summed E-state index contributed by atoms with van der Waals surface area (Å²) in [5.74, 6) is 0.402. The second-order valence-electron chi connectivity index (χ2n) is 7.26. The van der Waals surface area contributed by atoms with Crippen molar-refractivity contribution in [2.45, 2.75) is 25.3 Å². The lowest BCUT2D eigenvalue weighted by Crippen LogP contribution is -2.25. The van der Waals surface area contributed by atoms with Crippen molar-refractivity contribution < 1.29 is 0 Å². The third-order valence-electron chi connectivity index (χ3n) is 5.12. The van der Waals surface area contributed by atoms with Crippen molar-refractivity contribution in [3.63, 3.8) is 0 Å². The van der Waals surface area contributed by atoms with Crippen molar-refractivity contribution in [3.05, 3.63) is 93.5 Å². The molecular formula is C23H19ClN4O. The maximum Gasteiger partial charge on any atom is 0.293 e. The minimum absolute atomic E-state index is 0.153. The summed E-state index contributed by atoms with van der Waals surface area (Å²) in [5.41, 5.74) is 3.22. The van der Waals surface area contributed by atoms with Crippen molar-refractivity contribution in [3.8, 4) is 5.69 Å². The van der Waals surface area contributed by atoms with Gasteiger partial charge in [-0.2, -0.15) is 10.2 Å². The van der Waals surface area contributed by atoms with E-state index in [-0.39, 0.29) is 5.56 Å². The molecule has 6 heteroatoms. The van der Waals surface area contributed by atoms with Crippen molar-refractivity contribution in [1.82, 2.24) is 19.6 Å². The molecule has 0 amide bonds. The summed E-state index contributed by atoms with van der Waals surface area (Å²) in [7, 11) is 0. The molecule has 0 bridgehead atoms. The van der Waals surface area contributed by atoms with Gasteiger partial charge in [-0.1, -0.05) is 60.2 Å². The van der Waals surface area contributed by atoms with Crippen LogP contribution in [0.1, 0.15) is 30.0 Å². The van der Waals surface area contributed by atoms with E-state index in [0.717, 1.165) is 35.2 Å². The summed E-state index contributed by atoms with van der Waals surface area (Å²) >= 11 is 6.16. The second kappa shape index (κ2) is 7.33. The fourth-order valence-electron chi connectivity index (χ4n) is 3.53. The van der Waals surface area contributed by atoms with Crippen LogP contribution in [-0.2, 0) is 6.54 Å². The summed E-state index contributed by atoms with van der Waals surface area (Å²) in [6.45, 7) is 0.407. The predicted molar refractivity (Wildman–Crippen MR) is 116 cm³/mol. The Morgan fingerprint density at radius 3 is 2.69 bits per heavy atom. The summed E-state index contributed by atoms with van der Waals surface area (Å²) in [6, 6.07) is 17.4. The normalized spacial score (nSPS) is 14.1. The van der Waals surface area contributed by atoms with Crippen LogP contribution in [0.3, 0.4) is 0 Å². The van der Waals surface area contributed by atoms with Crippen LogP contribution in [0.25, 0.3) is 22.7 Å². The predicted octanol–water partition coefficient (Wildman–Crippen LogP) is 4.83. The molecule has 144 valence electrons. The SMILES string of the molecule is O=c1c2c(cnn2-c2cccc(Cl)c2)c(C2CC2)nn1C/C=C/c1ccccc1. The first kappa shape index (κ1) is 17.9. The molecule has 5 nitrogen and oxygen atoms in total. The number of hydrogen-bond donors (Lipinski definition) is 0. The van der Waals surface area contributed by atoms with Crippen LogP contribution in [0.5, 0.6) is 0 Å². The molecule has 0 saturated heterocycles. The van der Waals surface area contributed by atoms with Crippen LogP contribution < -0.4 is 5.56 Å². The molecular weight excluding hydrogens is 384 g/mol. The van der Waals surface area contributed by atoms with Crippen molar-refractivity contribution >= 4 is 28.6 Å². The second-order valence-corrected chi connectivity index (χ2v) is 7.69. The summed E-state index contributed by atoms with van der Waals surface area (Å²) < 4.78 is 3.21. The lowest BCUT2D eigenvalue weighted by atomic mass is 10.2. The maximum atomic E-state index is 13.3. The molecule has 0 aliphatic heterocycles. The van der Waals surface area contributed by atoms with E-state index in [0.29, 0.717) is 23.0 Å². The fraction of sp³-hybridized carbons (Fsp3) is 0.174. The zero-order valence-corrected chi connectivity index (χ0v) is 16.5. The van der Waals surface area contributed by atoms with Gasteiger partial charge in [-0.3, -0.25) is 4.79 Å². The molecule has 5 rings (SSSR count). The Labute approximate surface area is 172 Å². The molecule has 0 N–H and O–H groups in total. The third kappa shape index (κ3) is 3.49. The van der Waals surface area contributed by atoms with Crippen LogP contribution in [0.2, 0.25) is 5.02 Å². The number of aromatic nitrogens is 4. The van der Waals surface area contributed by atoms with E-state index in [2.05, 4.69) is 5.10 Å². The largest absolute Gasteiger partial charge is 0.293 e.